The molecule has 0 aliphatic rings. The fourth-order valence-corrected chi connectivity index (χ4v) is 4.53. The molecule has 2 amide bonds. The highest BCUT2D eigenvalue weighted by molar-refractivity contribution is 7.47. The molecule has 7 N–H and O–H groups in total. The SMILES string of the molecule is CCCCc1nc2c(N)nc3ccccc3c2n1CCOP(=O)(O)OCCOC[C@@H](COC(N)=O)OC(N)=O. The van der Waals surface area contributed by atoms with Crippen molar-refractivity contribution in [3.05, 3.63) is 30.1 Å². The van der Waals surface area contributed by atoms with Crippen LogP contribution in [0.3, 0.4) is 0 Å². The number of carbonyl (C=O) groups is 2. The molecule has 2 aromatic heterocycles. The predicted molar refractivity (Wildman–Crippen MR) is 141 cm³/mol. The fraction of sp³-hybridized carbons (Fsp3) is 0.478. The number of aromatic nitrogens is 3. The van der Waals surface area contributed by atoms with Crippen LogP contribution in [0.1, 0.15) is 25.6 Å². The number of aryl methyl sites for hydroxylation is 1. The highest BCUT2D eigenvalue weighted by Crippen LogP contribution is 2.43. The maximum absolute atomic E-state index is 12.4. The van der Waals surface area contributed by atoms with Crippen LogP contribution in [0.5, 0.6) is 0 Å². The summed E-state index contributed by atoms with van der Waals surface area (Å²) in [4.78, 5) is 40.9. The van der Waals surface area contributed by atoms with Crippen LogP contribution in [0.25, 0.3) is 21.9 Å². The minimum absolute atomic E-state index is 0.144. The summed E-state index contributed by atoms with van der Waals surface area (Å²) in [6.07, 6.45) is -0.630. The highest BCUT2D eigenvalue weighted by atomic mass is 31.2. The zero-order valence-electron chi connectivity index (χ0n) is 21.5. The van der Waals surface area contributed by atoms with Crippen molar-refractivity contribution in [3.8, 4) is 0 Å². The molecule has 2 heterocycles. The number of anilines is 1. The zero-order valence-corrected chi connectivity index (χ0v) is 22.4. The van der Waals surface area contributed by atoms with E-state index in [-0.39, 0.29) is 39.6 Å². The number of para-hydroxylation sites is 1. The number of imidazole rings is 1. The molecule has 0 aliphatic heterocycles. The molecule has 0 radical (unpaired) electrons. The smallest absolute Gasteiger partial charge is 0.446 e. The number of phosphoric acid groups is 1. The Kier molecular flexibility index (Phi) is 10.8. The molecule has 15 nitrogen and oxygen atoms in total. The molecule has 0 saturated heterocycles. The van der Waals surface area contributed by atoms with Gasteiger partial charge in [0, 0.05) is 18.4 Å². The van der Waals surface area contributed by atoms with Gasteiger partial charge in [-0.3, -0.25) is 9.05 Å². The van der Waals surface area contributed by atoms with Gasteiger partial charge < -0.3 is 40.9 Å². The van der Waals surface area contributed by atoms with Crippen molar-refractivity contribution in [1.82, 2.24) is 14.5 Å². The molecule has 2 atom stereocenters. The van der Waals surface area contributed by atoms with Gasteiger partial charge in [0.1, 0.15) is 17.9 Å². The molecule has 0 aliphatic carbocycles. The Bertz CT molecular complexity index is 1330. The fourth-order valence-electron chi connectivity index (χ4n) is 3.84. The summed E-state index contributed by atoms with van der Waals surface area (Å²) in [6.45, 7) is 1.08. The second-order valence-corrected chi connectivity index (χ2v) is 9.85. The molecular weight excluding hydrogens is 535 g/mol. The molecule has 1 unspecified atom stereocenters. The monoisotopic (exact) mass is 568 g/mol. The molecule has 3 rings (SSSR count). The average molecular weight is 569 g/mol. The number of nitrogens with zero attached hydrogens (tertiary/aromatic N) is 3. The molecule has 1 aromatic carbocycles. The molecule has 39 heavy (non-hydrogen) atoms. The minimum atomic E-state index is -4.42. The summed E-state index contributed by atoms with van der Waals surface area (Å²) >= 11 is 0. The minimum Gasteiger partial charge on any atom is -0.446 e. The lowest BCUT2D eigenvalue weighted by molar-refractivity contribution is -0.0155. The van der Waals surface area contributed by atoms with E-state index in [1.54, 1.807) is 0 Å². The standard InChI is InChI=1S/C23H33N6O9P/c1-2-3-8-18-28-19-20(16-6-4-5-7-17(16)27-21(19)24)29(18)9-10-36-39(32,33)37-12-11-34-13-15(38-23(26)31)14-35-22(25)30/h4-7,15H,2-3,8-14H2,1H3,(H2,24,27)(H2,25,30)(H2,26,31)(H,32,33)/t15-/m0/s1. The lowest BCUT2D eigenvalue weighted by Gasteiger charge is -2.17. The first-order valence-electron chi connectivity index (χ1n) is 12.2. The second-order valence-electron chi connectivity index (χ2n) is 8.39. The van der Waals surface area contributed by atoms with Gasteiger partial charge in [-0.25, -0.2) is 24.1 Å². The number of unbranched alkanes of at least 4 members (excludes halogenated alkanes) is 1. The topological polar surface area (TPSA) is 226 Å². The number of ether oxygens (including phenoxy) is 3. The van der Waals surface area contributed by atoms with E-state index >= 15 is 0 Å². The van der Waals surface area contributed by atoms with Gasteiger partial charge in [0.05, 0.1) is 37.5 Å². The predicted octanol–water partition coefficient (Wildman–Crippen LogP) is 2.22. The summed E-state index contributed by atoms with van der Waals surface area (Å²) in [7, 11) is -4.42. The molecule has 0 fully saturated rings. The van der Waals surface area contributed by atoms with Gasteiger partial charge in [-0.1, -0.05) is 31.5 Å². The van der Waals surface area contributed by atoms with E-state index in [1.165, 1.54) is 0 Å². The number of carbonyl (C=O) groups excluding carboxylic acids is 2. The normalized spacial score (nSPS) is 13.8. The Hall–Kier alpha value is -3.49. The number of amides is 2. The summed E-state index contributed by atoms with van der Waals surface area (Å²) in [6, 6.07) is 7.54. The van der Waals surface area contributed by atoms with Crippen molar-refractivity contribution >= 4 is 47.8 Å². The number of pyridine rings is 1. The van der Waals surface area contributed by atoms with Gasteiger partial charge in [-0.05, 0) is 12.5 Å². The third-order valence-electron chi connectivity index (χ3n) is 5.49. The van der Waals surface area contributed by atoms with Crippen molar-refractivity contribution in [2.75, 3.05) is 38.8 Å². The summed E-state index contributed by atoms with van der Waals surface area (Å²) in [5.41, 5.74) is 18.1. The summed E-state index contributed by atoms with van der Waals surface area (Å²) < 4.78 is 39.0. The van der Waals surface area contributed by atoms with Crippen LogP contribution < -0.4 is 17.2 Å². The highest BCUT2D eigenvalue weighted by Gasteiger charge is 2.23. The van der Waals surface area contributed by atoms with E-state index in [1.807, 2.05) is 28.8 Å². The van der Waals surface area contributed by atoms with E-state index in [0.717, 1.165) is 29.6 Å². The molecule has 0 spiro atoms. The van der Waals surface area contributed by atoms with E-state index in [2.05, 4.69) is 16.6 Å². The van der Waals surface area contributed by atoms with Crippen LogP contribution in [0.15, 0.2) is 24.3 Å². The number of nitrogens with two attached hydrogens (primary N) is 3. The number of nitrogen functional groups attached to an aromatic ring is 1. The van der Waals surface area contributed by atoms with Crippen molar-refractivity contribution in [1.29, 1.82) is 0 Å². The Labute approximate surface area is 224 Å². The lowest BCUT2D eigenvalue weighted by Crippen LogP contribution is -2.33. The maximum atomic E-state index is 12.4. The molecule has 214 valence electrons. The maximum Gasteiger partial charge on any atom is 0.472 e. The van der Waals surface area contributed by atoms with Crippen LogP contribution in [0.4, 0.5) is 15.4 Å². The van der Waals surface area contributed by atoms with E-state index < -0.39 is 26.1 Å². The number of hydrogen-bond donors (Lipinski definition) is 4. The van der Waals surface area contributed by atoms with Crippen LogP contribution in [-0.4, -0.2) is 70.8 Å². The van der Waals surface area contributed by atoms with Gasteiger partial charge in [0.2, 0.25) is 0 Å². The Balaban J connectivity index is 1.58. The van der Waals surface area contributed by atoms with Crippen LogP contribution in [-0.2, 0) is 40.8 Å². The van der Waals surface area contributed by atoms with Crippen molar-refractivity contribution in [2.24, 2.45) is 11.5 Å². The van der Waals surface area contributed by atoms with Gasteiger partial charge >= 0.3 is 20.0 Å². The van der Waals surface area contributed by atoms with E-state index in [0.29, 0.717) is 23.3 Å². The number of primary amides is 2. The lowest BCUT2D eigenvalue weighted by atomic mass is 10.2. The third-order valence-corrected chi connectivity index (χ3v) is 6.51. The van der Waals surface area contributed by atoms with Crippen molar-refractivity contribution in [2.45, 2.75) is 38.8 Å². The van der Waals surface area contributed by atoms with E-state index in [4.69, 9.17) is 40.7 Å². The summed E-state index contributed by atoms with van der Waals surface area (Å²) in [5, 5.41) is 0.859. The molecular formula is C23H33N6O9P. The van der Waals surface area contributed by atoms with Crippen LogP contribution in [0, 0.1) is 0 Å². The largest absolute Gasteiger partial charge is 0.472 e. The van der Waals surface area contributed by atoms with E-state index in [9.17, 15) is 19.0 Å². The first-order valence-corrected chi connectivity index (χ1v) is 13.7. The first-order chi connectivity index (χ1) is 18.6. The quantitative estimate of drug-likeness (QED) is 0.144. The Morgan fingerprint density at radius 2 is 1.82 bits per heavy atom. The van der Waals surface area contributed by atoms with Gasteiger partial charge in [0.15, 0.2) is 11.9 Å². The number of rotatable bonds is 16. The molecule has 16 heteroatoms. The van der Waals surface area contributed by atoms with Gasteiger partial charge in [0.25, 0.3) is 0 Å². The summed E-state index contributed by atoms with van der Waals surface area (Å²) in [5.74, 6) is 1.08. The molecule has 3 aromatic rings. The van der Waals surface area contributed by atoms with Gasteiger partial charge in [-0.15, -0.1) is 0 Å². The molecule has 0 saturated carbocycles. The van der Waals surface area contributed by atoms with Crippen molar-refractivity contribution < 1.29 is 42.3 Å². The number of fused-ring (bicyclic) bond motifs is 3. The van der Waals surface area contributed by atoms with Gasteiger partial charge in [-0.2, -0.15) is 0 Å². The van der Waals surface area contributed by atoms with Crippen LogP contribution >= 0.6 is 7.82 Å². The Morgan fingerprint density at radius 1 is 1.08 bits per heavy atom. The number of hydrogen-bond acceptors (Lipinski definition) is 11. The zero-order chi connectivity index (χ0) is 28.4. The first kappa shape index (κ1) is 30.1. The van der Waals surface area contributed by atoms with Crippen molar-refractivity contribution in [3.63, 3.8) is 0 Å². The molecule has 0 bridgehead atoms. The third kappa shape index (κ3) is 8.76. The second kappa shape index (κ2) is 14.1. The number of phosphoric ester groups is 1. The Morgan fingerprint density at radius 3 is 2.54 bits per heavy atom. The number of benzene rings is 1. The average Bonchev–Trinajstić information content (AvgIpc) is 3.24. The van der Waals surface area contributed by atoms with Crippen LogP contribution in [0.2, 0.25) is 0 Å².